The number of ether oxygens (including phenoxy) is 1. The molecule has 0 saturated heterocycles. The van der Waals surface area contributed by atoms with E-state index in [-0.39, 0.29) is 12.0 Å². The summed E-state index contributed by atoms with van der Waals surface area (Å²) < 4.78 is 8.39. The summed E-state index contributed by atoms with van der Waals surface area (Å²) in [6.07, 6.45) is 1.93. The van der Waals surface area contributed by atoms with Gasteiger partial charge < -0.3 is 19.2 Å². The van der Waals surface area contributed by atoms with E-state index in [4.69, 9.17) is 4.74 Å². The molecule has 1 amide bonds. The van der Waals surface area contributed by atoms with Crippen LogP contribution in [0.3, 0.4) is 0 Å². The third-order valence-corrected chi connectivity index (χ3v) is 5.56. The van der Waals surface area contributed by atoms with Gasteiger partial charge in [-0.1, -0.05) is 24.3 Å². The van der Waals surface area contributed by atoms with Crippen LogP contribution in [0.15, 0.2) is 66.9 Å². The van der Waals surface area contributed by atoms with Crippen molar-refractivity contribution in [2.45, 2.75) is 32.7 Å². The van der Waals surface area contributed by atoms with Gasteiger partial charge in [-0.15, -0.1) is 0 Å². The molecule has 1 N–H and O–H groups in total. The second-order valence-electron chi connectivity index (χ2n) is 7.81. The van der Waals surface area contributed by atoms with E-state index in [1.165, 1.54) is 0 Å². The Kier molecular flexibility index (Phi) is 4.85. The van der Waals surface area contributed by atoms with Crippen LogP contribution >= 0.6 is 0 Å². The lowest BCUT2D eigenvalue weighted by atomic mass is 10.2. The van der Waals surface area contributed by atoms with Crippen LogP contribution in [0.25, 0.3) is 10.9 Å². The van der Waals surface area contributed by atoms with Gasteiger partial charge in [0.25, 0.3) is 5.91 Å². The number of rotatable bonds is 4. The number of nitrogens with zero attached hydrogens (tertiary/aromatic N) is 3. The first kappa shape index (κ1) is 18.6. The van der Waals surface area contributed by atoms with E-state index in [0.717, 1.165) is 28.0 Å². The standard InChI is InChI=1S/C24H24N4O2/c1-17-6-4-8-19(25-17)16-30-21-14-27-11-5-9-20(27)13-28(15-21)24(29)23-12-18-7-2-3-10-22(18)26-23/h2-12,21,26H,13-16H2,1H3. The predicted molar refractivity (Wildman–Crippen MR) is 115 cm³/mol. The van der Waals surface area contributed by atoms with Crippen LogP contribution in [0.4, 0.5) is 0 Å². The van der Waals surface area contributed by atoms with E-state index in [0.29, 0.717) is 31.9 Å². The monoisotopic (exact) mass is 400 g/mol. The molecule has 6 nitrogen and oxygen atoms in total. The average molecular weight is 400 g/mol. The number of benzene rings is 1. The summed E-state index contributed by atoms with van der Waals surface area (Å²) in [7, 11) is 0. The number of pyridine rings is 1. The summed E-state index contributed by atoms with van der Waals surface area (Å²) in [6.45, 7) is 4.20. The van der Waals surface area contributed by atoms with Crippen molar-refractivity contribution in [3.05, 3.63) is 89.6 Å². The fraction of sp³-hybridized carbons (Fsp3) is 0.250. The Bertz CT molecular complexity index is 1160. The number of aromatic amines is 1. The van der Waals surface area contributed by atoms with Crippen molar-refractivity contribution < 1.29 is 9.53 Å². The quantitative estimate of drug-likeness (QED) is 0.565. The third kappa shape index (κ3) is 3.74. The molecule has 0 bridgehead atoms. The molecule has 1 unspecified atom stereocenters. The lowest BCUT2D eigenvalue weighted by Gasteiger charge is -2.24. The Labute approximate surface area is 175 Å². The minimum absolute atomic E-state index is 0.0110. The maximum absolute atomic E-state index is 13.3. The van der Waals surface area contributed by atoms with Crippen molar-refractivity contribution in [1.82, 2.24) is 19.4 Å². The molecular weight excluding hydrogens is 376 g/mol. The number of carbonyl (C=O) groups is 1. The number of amides is 1. The van der Waals surface area contributed by atoms with Gasteiger partial charge in [-0.2, -0.15) is 0 Å². The second kappa shape index (κ2) is 7.80. The summed E-state index contributed by atoms with van der Waals surface area (Å²) in [4.78, 5) is 23.0. The molecule has 0 aliphatic carbocycles. The first-order valence-electron chi connectivity index (χ1n) is 10.2. The van der Waals surface area contributed by atoms with Gasteiger partial charge in [0.05, 0.1) is 31.5 Å². The lowest BCUT2D eigenvalue weighted by molar-refractivity contribution is 0.00908. The Morgan fingerprint density at radius 3 is 2.90 bits per heavy atom. The number of H-pyrrole nitrogens is 1. The van der Waals surface area contributed by atoms with Crippen LogP contribution < -0.4 is 0 Å². The molecule has 0 radical (unpaired) electrons. The summed E-state index contributed by atoms with van der Waals surface area (Å²) in [6, 6.07) is 19.9. The minimum Gasteiger partial charge on any atom is -0.368 e. The Hall–Kier alpha value is -3.38. The minimum atomic E-state index is -0.116. The summed E-state index contributed by atoms with van der Waals surface area (Å²) >= 11 is 0. The highest BCUT2D eigenvalue weighted by molar-refractivity contribution is 5.98. The van der Waals surface area contributed by atoms with Gasteiger partial charge >= 0.3 is 0 Å². The van der Waals surface area contributed by atoms with Crippen molar-refractivity contribution in [3.8, 4) is 0 Å². The zero-order chi connectivity index (χ0) is 20.5. The zero-order valence-electron chi connectivity index (χ0n) is 16.9. The molecule has 4 heterocycles. The summed E-state index contributed by atoms with van der Waals surface area (Å²) in [5.74, 6) is -0.0110. The highest BCUT2D eigenvalue weighted by Gasteiger charge is 2.27. The molecule has 5 rings (SSSR count). The van der Waals surface area contributed by atoms with E-state index >= 15 is 0 Å². The molecule has 1 aliphatic rings. The van der Waals surface area contributed by atoms with Gasteiger partial charge in [0.2, 0.25) is 0 Å². The first-order valence-corrected chi connectivity index (χ1v) is 10.2. The molecule has 0 saturated carbocycles. The van der Waals surface area contributed by atoms with Crippen LogP contribution in [0.5, 0.6) is 0 Å². The van der Waals surface area contributed by atoms with Gasteiger partial charge in [-0.05, 0) is 43.3 Å². The summed E-state index contributed by atoms with van der Waals surface area (Å²) in [5.41, 5.74) is 4.56. The van der Waals surface area contributed by atoms with Gasteiger partial charge in [0.1, 0.15) is 5.69 Å². The summed E-state index contributed by atoms with van der Waals surface area (Å²) in [5, 5.41) is 1.04. The molecule has 152 valence electrons. The molecule has 0 fully saturated rings. The zero-order valence-corrected chi connectivity index (χ0v) is 16.9. The number of hydrogen-bond acceptors (Lipinski definition) is 3. The van der Waals surface area contributed by atoms with E-state index in [1.54, 1.807) is 0 Å². The third-order valence-electron chi connectivity index (χ3n) is 5.56. The number of carbonyl (C=O) groups excluding carboxylic acids is 1. The highest BCUT2D eigenvalue weighted by Crippen LogP contribution is 2.21. The van der Waals surface area contributed by atoms with E-state index in [9.17, 15) is 4.79 Å². The number of para-hydroxylation sites is 1. The molecule has 30 heavy (non-hydrogen) atoms. The molecule has 1 aliphatic heterocycles. The Balaban J connectivity index is 1.38. The number of aromatic nitrogens is 3. The SMILES string of the molecule is Cc1cccc(COC2CN(C(=O)c3cc4ccccc4[nH]3)Cc3cccn3C2)n1. The van der Waals surface area contributed by atoms with Gasteiger partial charge in [0, 0.05) is 35.0 Å². The van der Waals surface area contributed by atoms with E-state index in [2.05, 4.69) is 20.6 Å². The number of fused-ring (bicyclic) bond motifs is 2. The largest absolute Gasteiger partial charge is 0.368 e. The Morgan fingerprint density at radius 1 is 1.13 bits per heavy atom. The van der Waals surface area contributed by atoms with Crippen LogP contribution in [-0.4, -0.2) is 38.0 Å². The number of hydrogen-bond donors (Lipinski definition) is 1. The lowest BCUT2D eigenvalue weighted by Crippen LogP contribution is -2.37. The van der Waals surface area contributed by atoms with E-state index < -0.39 is 0 Å². The van der Waals surface area contributed by atoms with E-state index in [1.807, 2.05) is 72.6 Å². The molecule has 1 aromatic carbocycles. The van der Waals surface area contributed by atoms with Crippen molar-refractivity contribution in [2.75, 3.05) is 6.54 Å². The number of aryl methyl sites for hydroxylation is 1. The van der Waals surface area contributed by atoms with Gasteiger partial charge in [-0.3, -0.25) is 9.78 Å². The fourth-order valence-corrected chi connectivity index (χ4v) is 4.06. The van der Waals surface area contributed by atoms with Gasteiger partial charge in [-0.25, -0.2) is 0 Å². The van der Waals surface area contributed by atoms with Crippen LogP contribution in [0.1, 0.15) is 27.6 Å². The molecule has 6 heteroatoms. The number of nitrogens with one attached hydrogen (secondary N) is 1. The second-order valence-corrected chi connectivity index (χ2v) is 7.81. The molecular formula is C24H24N4O2. The molecule has 0 spiro atoms. The average Bonchev–Trinajstić information content (AvgIpc) is 3.34. The highest BCUT2D eigenvalue weighted by atomic mass is 16.5. The fourth-order valence-electron chi connectivity index (χ4n) is 4.06. The Morgan fingerprint density at radius 2 is 2.03 bits per heavy atom. The molecule has 1 atom stereocenters. The maximum Gasteiger partial charge on any atom is 0.270 e. The van der Waals surface area contributed by atoms with Crippen LogP contribution in [0, 0.1) is 6.92 Å². The van der Waals surface area contributed by atoms with Crippen molar-refractivity contribution in [3.63, 3.8) is 0 Å². The topological polar surface area (TPSA) is 63.1 Å². The first-order chi connectivity index (χ1) is 14.7. The van der Waals surface area contributed by atoms with Crippen molar-refractivity contribution in [1.29, 1.82) is 0 Å². The predicted octanol–water partition coefficient (Wildman–Crippen LogP) is 3.91. The molecule has 4 aromatic rings. The maximum atomic E-state index is 13.3. The van der Waals surface area contributed by atoms with Gasteiger partial charge in [0.15, 0.2) is 0 Å². The van der Waals surface area contributed by atoms with Crippen LogP contribution in [0.2, 0.25) is 0 Å². The normalized spacial score (nSPS) is 16.4. The van der Waals surface area contributed by atoms with Crippen molar-refractivity contribution >= 4 is 16.8 Å². The van der Waals surface area contributed by atoms with Crippen LogP contribution in [-0.2, 0) is 24.4 Å². The molecule has 3 aromatic heterocycles. The smallest absolute Gasteiger partial charge is 0.270 e. The van der Waals surface area contributed by atoms with Crippen molar-refractivity contribution in [2.24, 2.45) is 0 Å².